The summed E-state index contributed by atoms with van der Waals surface area (Å²) in [6.07, 6.45) is 0. The zero-order valence-corrected chi connectivity index (χ0v) is 16.3. The maximum Gasteiger partial charge on any atom is 0.310 e. The van der Waals surface area contributed by atoms with Gasteiger partial charge in [0.05, 0.1) is 10.5 Å². The van der Waals surface area contributed by atoms with Crippen LogP contribution in [0, 0.1) is 10.1 Å². The molecule has 3 aromatic rings. The molecule has 0 atom stereocenters. The summed E-state index contributed by atoms with van der Waals surface area (Å²) in [6, 6.07) is 21.8. The Labute approximate surface area is 177 Å². The molecule has 0 saturated heterocycles. The third-order valence-corrected chi connectivity index (χ3v) is 4.11. The molecule has 3 rings (SSSR count). The number of nitrogens with one attached hydrogen (secondary N) is 2. The van der Waals surface area contributed by atoms with Crippen LogP contribution < -0.4 is 20.3 Å². The lowest BCUT2D eigenvalue weighted by atomic mass is 10.2. The Morgan fingerprint density at radius 2 is 1.45 bits per heavy atom. The van der Waals surface area contributed by atoms with E-state index >= 15 is 0 Å². The van der Waals surface area contributed by atoms with E-state index < -0.39 is 23.3 Å². The van der Waals surface area contributed by atoms with Crippen molar-refractivity contribution in [3.63, 3.8) is 0 Å². The minimum atomic E-state index is -0.686. The van der Waals surface area contributed by atoms with Crippen molar-refractivity contribution < 1.29 is 24.0 Å². The van der Waals surface area contributed by atoms with Crippen molar-refractivity contribution >= 4 is 17.5 Å². The number of nitro benzene ring substituents is 1. The second-order valence-corrected chi connectivity index (χ2v) is 6.29. The van der Waals surface area contributed by atoms with Gasteiger partial charge < -0.3 is 9.47 Å². The predicted octanol–water partition coefficient (Wildman–Crippen LogP) is 3.01. The van der Waals surface area contributed by atoms with E-state index in [-0.39, 0.29) is 23.6 Å². The van der Waals surface area contributed by atoms with Crippen LogP contribution in [0.15, 0.2) is 78.9 Å². The summed E-state index contributed by atoms with van der Waals surface area (Å²) in [4.78, 5) is 34.8. The van der Waals surface area contributed by atoms with Crippen molar-refractivity contribution in [1.29, 1.82) is 0 Å². The van der Waals surface area contributed by atoms with Gasteiger partial charge in [0, 0.05) is 6.07 Å². The zero-order chi connectivity index (χ0) is 22.1. The Morgan fingerprint density at radius 1 is 0.806 bits per heavy atom. The lowest BCUT2D eigenvalue weighted by molar-refractivity contribution is -0.385. The first kappa shape index (κ1) is 21.3. The fourth-order valence-corrected chi connectivity index (χ4v) is 2.62. The first-order chi connectivity index (χ1) is 15.0. The van der Waals surface area contributed by atoms with Crippen LogP contribution in [0.25, 0.3) is 0 Å². The van der Waals surface area contributed by atoms with Crippen LogP contribution in [0.4, 0.5) is 5.69 Å². The van der Waals surface area contributed by atoms with Gasteiger partial charge in [0.1, 0.15) is 12.4 Å². The van der Waals surface area contributed by atoms with Crippen LogP contribution in [0.5, 0.6) is 11.5 Å². The monoisotopic (exact) mass is 421 g/mol. The molecule has 2 amide bonds. The molecule has 0 bridgehead atoms. The van der Waals surface area contributed by atoms with E-state index in [1.165, 1.54) is 18.2 Å². The average molecular weight is 421 g/mol. The third-order valence-electron chi connectivity index (χ3n) is 4.11. The lowest BCUT2D eigenvalue weighted by Gasteiger charge is -2.12. The number of amides is 2. The van der Waals surface area contributed by atoms with E-state index in [1.807, 2.05) is 30.3 Å². The number of benzene rings is 3. The molecule has 0 heterocycles. The van der Waals surface area contributed by atoms with Crippen LogP contribution in [0.1, 0.15) is 15.9 Å². The standard InChI is InChI=1S/C22H19N3O6/c26-21(15-31-20-13-7-5-11-18(20)25(28)29)23-24-22(27)17-10-4-6-12-19(17)30-14-16-8-2-1-3-9-16/h1-13H,14-15H2,(H,23,26)(H,24,27). The highest BCUT2D eigenvalue weighted by atomic mass is 16.6. The van der Waals surface area contributed by atoms with E-state index in [2.05, 4.69) is 10.9 Å². The second-order valence-electron chi connectivity index (χ2n) is 6.29. The van der Waals surface area contributed by atoms with Gasteiger partial charge in [-0.15, -0.1) is 0 Å². The third kappa shape index (κ3) is 6.04. The summed E-state index contributed by atoms with van der Waals surface area (Å²) in [5.41, 5.74) is 5.41. The van der Waals surface area contributed by atoms with Gasteiger partial charge in [0.2, 0.25) is 0 Å². The fourth-order valence-electron chi connectivity index (χ4n) is 2.62. The molecule has 31 heavy (non-hydrogen) atoms. The van der Waals surface area contributed by atoms with Crippen LogP contribution in [0.3, 0.4) is 0 Å². The molecule has 0 spiro atoms. The van der Waals surface area contributed by atoms with E-state index in [4.69, 9.17) is 9.47 Å². The van der Waals surface area contributed by atoms with Crippen LogP contribution in [0.2, 0.25) is 0 Å². The molecular formula is C22H19N3O6. The molecule has 0 radical (unpaired) electrons. The molecule has 0 aliphatic rings. The number of rotatable bonds is 8. The molecule has 2 N–H and O–H groups in total. The van der Waals surface area contributed by atoms with Crippen LogP contribution in [-0.4, -0.2) is 23.3 Å². The van der Waals surface area contributed by atoms with E-state index in [9.17, 15) is 19.7 Å². The van der Waals surface area contributed by atoms with Gasteiger partial charge in [0.25, 0.3) is 11.8 Å². The summed E-state index contributed by atoms with van der Waals surface area (Å²) in [5, 5.41) is 11.0. The summed E-state index contributed by atoms with van der Waals surface area (Å²) in [7, 11) is 0. The molecule has 0 saturated carbocycles. The number of nitro groups is 1. The summed E-state index contributed by atoms with van der Waals surface area (Å²) >= 11 is 0. The minimum Gasteiger partial charge on any atom is -0.488 e. The van der Waals surface area contributed by atoms with Crippen molar-refractivity contribution in [3.8, 4) is 11.5 Å². The topological polar surface area (TPSA) is 120 Å². The van der Waals surface area contributed by atoms with E-state index in [0.717, 1.165) is 5.56 Å². The highest BCUT2D eigenvalue weighted by Crippen LogP contribution is 2.25. The zero-order valence-electron chi connectivity index (χ0n) is 16.3. The Hall–Kier alpha value is -4.40. The van der Waals surface area contributed by atoms with Gasteiger partial charge in [-0.2, -0.15) is 0 Å². The first-order valence-corrected chi connectivity index (χ1v) is 9.26. The Balaban J connectivity index is 1.54. The van der Waals surface area contributed by atoms with Crippen LogP contribution >= 0.6 is 0 Å². The maximum atomic E-state index is 12.5. The smallest absolute Gasteiger partial charge is 0.310 e. The Bertz CT molecular complexity index is 1070. The highest BCUT2D eigenvalue weighted by molar-refractivity contribution is 5.97. The van der Waals surface area contributed by atoms with Crippen molar-refractivity contribution in [2.24, 2.45) is 0 Å². The first-order valence-electron chi connectivity index (χ1n) is 9.26. The average Bonchev–Trinajstić information content (AvgIpc) is 2.80. The molecule has 0 aromatic heterocycles. The molecule has 9 nitrogen and oxygen atoms in total. The minimum absolute atomic E-state index is 0.0476. The number of ether oxygens (including phenoxy) is 2. The molecule has 158 valence electrons. The molecular weight excluding hydrogens is 402 g/mol. The Morgan fingerprint density at radius 3 is 2.19 bits per heavy atom. The molecule has 3 aromatic carbocycles. The van der Waals surface area contributed by atoms with Crippen molar-refractivity contribution in [3.05, 3.63) is 100 Å². The number of hydrogen-bond donors (Lipinski definition) is 2. The molecule has 0 fully saturated rings. The molecule has 0 aliphatic heterocycles. The molecule has 0 unspecified atom stereocenters. The maximum absolute atomic E-state index is 12.5. The van der Waals surface area contributed by atoms with Crippen molar-refractivity contribution in [2.45, 2.75) is 6.61 Å². The number of hydrogen-bond acceptors (Lipinski definition) is 6. The lowest BCUT2D eigenvalue weighted by Crippen LogP contribution is -2.43. The molecule has 0 aliphatic carbocycles. The van der Waals surface area contributed by atoms with Crippen molar-refractivity contribution in [1.82, 2.24) is 10.9 Å². The fraction of sp³-hybridized carbons (Fsp3) is 0.0909. The van der Waals surface area contributed by atoms with E-state index in [0.29, 0.717) is 5.75 Å². The van der Waals surface area contributed by atoms with Gasteiger partial charge in [-0.25, -0.2) is 0 Å². The van der Waals surface area contributed by atoms with Crippen LogP contribution in [-0.2, 0) is 11.4 Å². The summed E-state index contributed by atoms with van der Waals surface area (Å²) < 4.78 is 10.9. The SMILES string of the molecule is O=C(COc1ccccc1[N+](=O)[O-])NNC(=O)c1ccccc1OCc1ccccc1. The number of nitrogens with zero attached hydrogens (tertiary/aromatic N) is 1. The van der Waals surface area contributed by atoms with Gasteiger partial charge in [-0.05, 0) is 23.8 Å². The number of carbonyl (C=O) groups excluding carboxylic acids is 2. The normalized spacial score (nSPS) is 10.1. The van der Waals surface area contributed by atoms with Gasteiger partial charge in [-0.3, -0.25) is 30.6 Å². The number of carbonyl (C=O) groups is 2. The summed E-state index contributed by atoms with van der Waals surface area (Å²) in [6.45, 7) is -0.238. The largest absolute Gasteiger partial charge is 0.488 e. The highest BCUT2D eigenvalue weighted by Gasteiger charge is 2.16. The number of hydrazine groups is 1. The Kier molecular flexibility index (Phi) is 7.15. The van der Waals surface area contributed by atoms with E-state index in [1.54, 1.807) is 30.3 Å². The second kappa shape index (κ2) is 10.4. The van der Waals surface area contributed by atoms with Gasteiger partial charge in [0.15, 0.2) is 12.4 Å². The molecule has 9 heteroatoms. The van der Waals surface area contributed by atoms with Crippen molar-refractivity contribution in [2.75, 3.05) is 6.61 Å². The van der Waals surface area contributed by atoms with Gasteiger partial charge in [-0.1, -0.05) is 54.6 Å². The number of para-hydroxylation sites is 3. The summed E-state index contributed by atoms with van der Waals surface area (Å²) in [5.74, 6) is -0.959. The quantitative estimate of drug-likeness (QED) is 0.426. The van der Waals surface area contributed by atoms with Gasteiger partial charge >= 0.3 is 5.69 Å². The predicted molar refractivity (Wildman–Crippen MR) is 111 cm³/mol.